The summed E-state index contributed by atoms with van der Waals surface area (Å²) in [5.74, 6) is 1.35. The molecule has 0 atom stereocenters. The van der Waals surface area contributed by atoms with Crippen LogP contribution in [-0.2, 0) is 6.42 Å². The lowest BCUT2D eigenvalue weighted by Crippen LogP contribution is -2.44. The van der Waals surface area contributed by atoms with Gasteiger partial charge in [-0.15, -0.1) is 11.7 Å². The van der Waals surface area contributed by atoms with E-state index in [1.165, 1.54) is 5.56 Å². The average molecular weight is 394 g/mol. The number of ether oxygens (including phenoxy) is 1. The molecule has 0 radical (unpaired) electrons. The topological polar surface area (TPSA) is 106 Å². The Morgan fingerprint density at radius 1 is 1.28 bits per heavy atom. The highest BCUT2D eigenvalue weighted by Gasteiger charge is 2.16. The lowest BCUT2D eigenvalue weighted by Gasteiger charge is -2.29. The second-order valence-corrected chi connectivity index (χ2v) is 7.09. The molecule has 1 fully saturated rings. The monoisotopic (exact) mass is 394 g/mol. The van der Waals surface area contributed by atoms with Crippen LogP contribution in [0.25, 0.3) is 5.65 Å². The van der Waals surface area contributed by atoms with Crippen LogP contribution in [0.1, 0.15) is 23.2 Å². The van der Waals surface area contributed by atoms with Crippen LogP contribution in [0.3, 0.4) is 0 Å². The van der Waals surface area contributed by atoms with Crippen LogP contribution in [0.15, 0.2) is 31.1 Å². The summed E-state index contributed by atoms with van der Waals surface area (Å²) in [5, 5.41) is 7.82. The molecule has 0 spiro atoms. The lowest BCUT2D eigenvalue weighted by atomic mass is 10.1. The minimum atomic E-state index is 0.236. The van der Waals surface area contributed by atoms with Crippen LogP contribution < -0.4 is 20.7 Å². The minimum Gasteiger partial charge on any atom is -0.462 e. The Balaban J connectivity index is 1.57. The number of aryl methyl sites for hydroxylation is 1. The van der Waals surface area contributed by atoms with Crippen molar-refractivity contribution in [3.63, 3.8) is 0 Å². The Morgan fingerprint density at radius 3 is 2.86 bits per heavy atom. The molecule has 1 aliphatic heterocycles. The zero-order valence-corrected chi connectivity index (χ0v) is 16.6. The average Bonchev–Trinajstić information content (AvgIpc) is 3.12. The summed E-state index contributed by atoms with van der Waals surface area (Å²) in [7, 11) is 0. The van der Waals surface area contributed by atoms with Gasteiger partial charge in [0.25, 0.3) is 0 Å². The number of nitrogens with one attached hydrogen (secondary N) is 1. The summed E-state index contributed by atoms with van der Waals surface area (Å²) < 4.78 is 7.27. The number of hydrogen-bond acceptors (Lipinski definition) is 8. The number of hydrogen-bond donors (Lipinski definition) is 2. The highest BCUT2D eigenvalue weighted by Crippen LogP contribution is 2.21. The number of pyridine rings is 1. The van der Waals surface area contributed by atoms with Gasteiger partial charge in [-0.2, -0.15) is 4.98 Å². The predicted octanol–water partition coefficient (Wildman–Crippen LogP) is 1.37. The fourth-order valence-corrected chi connectivity index (χ4v) is 3.48. The van der Waals surface area contributed by atoms with Gasteiger partial charge in [-0.1, -0.05) is 12.1 Å². The molecule has 3 N–H and O–H groups in total. The first-order valence-corrected chi connectivity index (χ1v) is 9.80. The summed E-state index contributed by atoms with van der Waals surface area (Å²) in [6.45, 7) is 10.2. The van der Waals surface area contributed by atoms with Crippen molar-refractivity contribution in [2.24, 2.45) is 0 Å². The van der Waals surface area contributed by atoms with E-state index in [0.717, 1.165) is 43.3 Å². The number of rotatable bonds is 7. The predicted molar refractivity (Wildman–Crippen MR) is 112 cm³/mol. The normalized spacial score (nSPS) is 14.3. The molecule has 0 saturated carbocycles. The van der Waals surface area contributed by atoms with Crippen LogP contribution in [0.4, 0.5) is 11.6 Å². The van der Waals surface area contributed by atoms with Gasteiger partial charge in [-0.05, 0) is 24.5 Å². The van der Waals surface area contributed by atoms with Crippen LogP contribution in [0, 0.1) is 6.92 Å². The molecule has 152 valence electrons. The quantitative estimate of drug-likeness (QED) is 0.457. The van der Waals surface area contributed by atoms with Crippen molar-refractivity contribution in [2.75, 3.05) is 43.4 Å². The molecule has 1 saturated heterocycles. The van der Waals surface area contributed by atoms with Gasteiger partial charge in [-0.3, -0.25) is 0 Å². The smallest absolute Gasteiger partial charge is 0.336 e. The summed E-state index contributed by atoms with van der Waals surface area (Å²) in [6.07, 6.45) is 6.83. The van der Waals surface area contributed by atoms with Crippen molar-refractivity contribution in [2.45, 2.75) is 19.8 Å². The molecule has 0 bridgehead atoms. The third kappa shape index (κ3) is 4.14. The van der Waals surface area contributed by atoms with E-state index in [0.29, 0.717) is 30.9 Å². The van der Waals surface area contributed by atoms with E-state index >= 15 is 0 Å². The minimum absolute atomic E-state index is 0.236. The fourth-order valence-electron chi connectivity index (χ4n) is 3.48. The van der Waals surface area contributed by atoms with E-state index in [1.54, 1.807) is 16.8 Å². The summed E-state index contributed by atoms with van der Waals surface area (Å²) in [4.78, 5) is 15.6. The number of aromatic nitrogens is 5. The number of anilines is 2. The van der Waals surface area contributed by atoms with Gasteiger partial charge in [0.05, 0.1) is 18.5 Å². The molecular weight excluding hydrogens is 368 g/mol. The maximum Gasteiger partial charge on any atom is 0.336 e. The van der Waals surface area contributed by atoms with Crippen molar-refractivity contribution in [1.82, 2.24) is 29.9 Å². The summed E-state index contributed by atoms with van der Waals surface area (Å²) in [5.41, 5.74) is 9.72. The first-order chi connectivity index (χ1) is 14.2. The molecular formula is C20H26N8O. The lowest BCUT2D eigenvalue weighted by molar-refractivity contribution is 0.293. The van der Waals surface area contributed by atoms with Crippen LogP contribution in [0.2, 0.25) is 0 Å². The Hall–Kier alpha value is -3.20. The first kappa shape index (κ1) is 19.1. The van der Waals surface area contributed by atoms with E-state index in [4.69, 9.17) is 15.5 Å². The van der Waals surface area contributed by atoms with Gasteiger partial charge in [0.2, 0.25) is 0 Å². The molecule has 3 aromatic heterocycles. The fraction of sp³-hybridized carbons (Fsp3) is 0.400. The van der Waals surface area contributed by atoms with Gasteiger partial charge in [-0.25, -0.2) is 14.5 Å². The highest BCUT2D eigenvalue weighted by molar-refractivity contribution is 5.60. The summed E-state index contributed by atoms with van der Waals surface area (Å²) >= 11 is 0. The number of piperazine rings is 1. The number of nitrogen functional groups attached to an aromatic ring is 1. The number of fused-ring (bicyclic) bond motifs is 1. The Morgan fingerprint density at radius 2 is 2.10 bits per heavy atom. The van der Waals surface area contributed by atoms with Crippen molar-refractivity contribution in [1.29, 1.82) is 0 Å². The number of nitrogens with two attached hydrogens (primary N) is 1. The molecule has 3 aromatic rings. The largest absolute Gasteiger partial charge is 0.462 e. The Bertz CT molecular complexity index is 1010. The van der Waals surface area contributed by atoms with Gasteiger partial charge in [0.1, 0.15) is 5.82 Å². The molecule has 0 amide bonds. The third-order valence-corrected chi connectivity index (χ3v) is 4.90. The molecule has 0 aromatic carbocycles. The zero-order chi connectivity index (χ0) is 20.2. The molecule has 4 heterocycles. The number of nitrogens with zero attached hydrogens (tertiary/aromatic N) is 6. The maximum absolute atomic E-state index is 6.04. The van der Waals surface area contributed by atoms with Gasteiger partial charge >= 0.3 is 6.01 Å². The molecule has 9 nitrogen and oxygen atoms in total. The molecule has 0 aliphatic carbocycles. The second-order valence-electron chi connectivity index (χ2n) is 7.09. The molecule has 1 aliphatic rings. The molecule has 0 unspecified atom stereocenters. The Labute approximate surface area is 169 Å². The zero-order valence-electron chi connectivity index (χ0n) is 16.6. The second kappa shape index (κ2) is 8.44. The van der Waals surface area contributed by atoms with Crippen molar-refractivity contribution >= 4 is 17.3 Å². The van der Waals surface area contributed by atoms with E-state index < -0.39 is 0 Å². The van der Waals surface area contributed by atoms with Crippen molar-refractivity contribution in [3.8, 4) is 6.01 Å². The van der Waals surface area contributed by atoms with Gasteiger partial charge < -0.3 is 20.7 Å². The van der Waals surface area contributed by atoms with E-state index in [9.17, 15) is 0 Å². The SMILES string of the molecule is C=CCCOc1nc(N)c2ncc(Cc3cnc(N4CCNCC4)c(C)c3)n2n1. The Kier molecular flexibility index (Phi) is 5.57. The maximum atomic E-state index is 6.04. The highest BCUT2D eigenvalue weighted by atomic mass is 16.5. The standard InChI is InChI=1S/C20H26N8O/c1-3-4-9-29-20-25-17(21)19-24-13-16(28(19)26-20)11-15-10-14(2)18(23-12-15)27-7-5-22-6-8-27/h3,10,12-13,22H,1,4-9,11H2,2H3,(H2,21,25,26). The first-order valence-electron chi connectivity index (χ1n) is 9.80. The molecule has 4 rings (SSSR count). The number of imidazole rings is 1. The van der Waals surface area contributed by atoms with Crippen LogP contribution >= 0.6 is 0 Å². The molecule has 9 heteroatoms. The summed E-state index contributed by atoms with van der Waals surface area (Å²) in [6, 6.07) is 2.41. The van der Waals surface area contributed by atoms with Crippen LogP contribution in [0.5, 0.6) is 6.01 Å². The van der Waals surface area contributed by atoms with Crippen molar-refractivity contribution in [3.05, 3.63) is 47.9 Å². The van der Waals surface area contributed by atoms with Gasteiger partial charge in [0.15, 0.2) is 11.5 Å². The van der Waals surface area contributed by atoms with Gasteiger partial charge in [0, 0.05) is 38.8 Å². The van der Waals surface area contributed by atoms with Crippen molar-refractivity contribution < 1.29 is 4.74 Å². The third-order valence-electron chi connectivity index (χ3n) is 4.90. The molecule has 29 heavy (non-hydrogen) atoms. The van der Waals surface area contributed by atoms with Crippen LogP contribution in [-0.4, -0.2) is 57.4 Å². The van der Waals surface area contributed by atoms with E-state index in [2.05, 4.69) is 44.9 Å². The van der Waals surface area contributed by atoms with E-state index in [-0.39, 0.29) is 6.01 Å². The van der Waals surface area contributed by atoms with E-state index in [1.807, 2.05) is 6.20 Å².